The van der Waals surface area contributed by atoms with Gasteiger partial charge in [-0.15, -0.1) is 12.4 Å². The van der Waals surface area contributed by atoms with Gasteiger partial charge in [-0.1, -0.05) is 29.3 Å². The SMILES string of the molecule is CC1(C)N=C(N)N=C(N)N1Cc1ccc(Cl)c(Cl)c1.Cl. The molecule has 0 amide bonds. The van der Waals surface area contributed by atoms with Crippen LogP contribution in [0.2, 0.25) is 10.0 Å². The van der Waals surface area contributed by atoms with E-state index in [1.807, 2.05) is 24.8 Å². The summed E-state index contributed by atoms with van der Waals surface area (Å²) >= 11 is 11.9. The van der Waals surface area contributed by atoms with Gasteiger partial charge in [0.25, 0.3) is 0 Å². The van der Waals surface area contributed by atoms with E-state index in [0.717, 1.165) is 5.56 Å². The lowest BCUT2D eigenvalue weighted by Gasteiger charge is -2.38. The Labute approximate surface area is 134 Å². The molecule has 0 spiro atoms. The molecule has 1 aliphatic rings. The van der Waals surface area contributed by atoms with E-state index in [-0.39, 0.29) is 18.4 Å². The number of nitrogens with zero attached hydrogens (tertiary/aromatic N) is 3. The third-order valence-corrected chi connectivity index (χ3v) is 3.62. The van der Waals surface area contributed by atoms with Crippen molar-refractivity contribution in [3.8, 4) is 0 Å². The molecular formula is C12H16Cl3N5. The lowest BCUT2D eigenvalue weighted by molar-refractivity contribution is 0.210. The lowest BCUT2D eigenvalue weighted by Crippen LogP contribution is -2.53. The van der Waals surface area contributed by atoms with Crippen LogP contribution in [0.1, 0.15) is 19.4 Å². The minimum Gasteiger partial charge on any atom is -0.369 e. The van der Waals surface area contributed by atoms with Crippen LogP contribution in [-0.2, 0) is 6.54 Å². The second-order valence-corrected chi connectivity index (χ2v) is 5.58. The Morgan fingerprint density at radius 3 is 2.40 bits per heavy atom. The summed E-state index contributed by atoms with van der Waals surface area (Å²) in [5, 5.41) is 1.03. The van der Waals surface area contributed by atoms with Gasteiger partial charge in [-0.05, 0) is 31.5 Å². The van der Waals surface area contributed by atoms with Gasteiger partial charge in [-0.2, -0.15) is 4.99 Å². The summed E-state index contributed by atoms with van der Waals surface area (Å²) in [5.74, 6) is 0.525. The van der Waals surface area contributed by atoms with Crippen LogP contribution in [0.25, 0.3) is 0 Å². The largest absolute Gasteiger partial charge is 0.369 e. The Hall–Kier alpha value is -1.17. The van der Waals surface area contributed by atoms with Crippen molar-refractivity contribution in [2.45, 2.75) is 26.1 Å². The third kappa shape index (κ3) is 3.48. The third-order valence-electron chi connectivity index (χ3n) is 2.88. The van der Waals surface area contributed by atoms with Crippen molar-refractivity contribution in [1.29, 1.82) is 0 Å². The molecule has 0 bridgehead atoms. The molecule has 0 saturated heterocycles. The predicted molar refractivity (Wildman–Crippen MR) is 86.6 cm³/mol. The van der Waals surface area contributed by atoms with Crippen molar-refractivity contribution in [2.75, 3.05) is 0 Å². The maximum atomic E-state index is 6.00. The number of guanidine groups is 2. The topological polar surface area (TPSA) is 80.0 Å². The number of hydrogen-bond donors (Lipinski definition) is 2. The Balaban J connectivity index is 0.00000200. The van der Waals surface area contributed by atoms with Crippen molar-refractivity contribution in [3.63, 3.8) is 0 Å². The van der Waals surface area contributed by atoms with E-state index < -0.39 is 5.66 Å². The van der Waals surface area contributed by atoms with Gasteiger partial charge in [0.05, 0.1) is 10.0 Å². The summed E-state index contributed by atoms with van der Waals surface area (Å²) < 4.78 is 0. The van der Waals surface area contributed by atoms with Gasteiger partial charge in [-0.3, -0.25) is 0 Å². The molecule has 2 rings (SSSR count). The standard InChI is InChI=1S/C12H15Cl2N5.ClH/c1-12(2)18-10(15)17-11(16)19(12)6-7-3-4-8(13)9(14)5-7;/h3-5H,6H2,1-2H3,(H4,15,16,17,18);1H. The minimum absolute atomic E-state index is 0. The Kier molecular flexibility index (Phi) is 5.13. The van der Waals surface area contributed by atoms with Crippen molar-refractivity contribution >= 4 is 47.5 Å². The molecule has 0 aromatic heterocycles. The smallest absolute Gasteiger partial charge is 0.220 e. The first-order valence-corrected chi connectivity index (χ1v) is 6.46. The van der Waals surface area contributed by atoms with Crippen LogP contribution >= 0.6 is 35.6 Å². The van der Waals surface area contributed by atoms with Crippen molar-refractivity contribution < 1.29 is 0 Å². The van der Waals surface area contributed by atoms with E-state index in [4.69, 9.17) is 34.7 Å². The second-order valence-electron chi connectivity index (χ2n) is 4.77. The zero-order chi connectivity index (χ0) is 14.2. The first-order chi connectivity index (χ1) is 8.79. The minimum atomic E-state index is -0.554. The molecule has 1 heterocycles. The number of hydrogen-bond acceptors (Lipinski definition) is 5. The molecule has 0 aliphatic carbocycles. The molecule has 8 heteroatoms. The molecule has 0 unspecified atom stereocenters. The fraction of sp³-hybridized carbons (Fsp3) is 0.333. The first kappa shape index (κ1) is 16.9. The van der Waals surface area contributed by atoms with Crippen LogP contribution in [0.5, 0.6) is 0 Å². The number of aliphatic imine (C=N–C) groups is 2. The molecule has 20 heavy (non-hydrogen) atoms. The lowest BCUT2D eigenvalue weighted by atomic mass is 10.1. The maximum absolute atomic E-state index is 6.00. The molecule has 1 aromatic carbocycles. The molecule has 0 atom stereocenters. The van der Waals surface area contributed by atoms with Gasteiger partial charge >= 0.3 is 0 Å². The van der Waals surface area contributed by atoms with Gasteiger partial charge in [-0.25, -0.2) is 4.99 Å². The van der Waals surface area contributed by atoms with Crippen molar-refractivity contribution in [3.05, 3.63) is 33.8 Å². The zero-order valence-corrected chi connectivity index (χ0v) is 13.4. The van der Waals surface area contributed by atoms with Crippen LogP contribution in [0.4, 0.5) is 0 Å². The van der Waals surface area contributed by atoms with Crippen LogP contribution in [0.15, 0.2) is 28.2 Å². The molecule has 1 aromatic rings. The first-order valence-electron chi connectivity index (χ1n) is 5.70. The van der Waals surface area contributed by atoms with E-state index in [2.05, 4.69) is 9.98 Å². The van der Waals surface area contributed by atoms with Crippen LogP contribution < -0.4 is 11.5 Å². The molecule has 1 aliphatic heterocycles. The van der Waals surface area contributed by atoms with E-state index in [1.165, 1.54) is 0 Å². The average Bonchev–Trinajstić information content (AvgIpc) is 2.27. The van der Waals surface area contributed by atoms with Crippen molar-refractivity contribution in [1.82, 2.24) is 4.90 Å². The summed E-state index contributed by atoms with van der Waals surface area (Å²) in [6, 6.07) is 5.44. The van der Waals surface area contributed by atoms with E-state index in [1.54, 1.807) is 12.1 Å². The normalized spacial score (nSPS) is 17.1. The van der Waals surface area contributed by atoms with Gasteiger partial charge in [0.1, 0.15) is 5.66 Å². The quantitative estimate of drug-likeness (QED) is 0.871. The highest BCUT2D eigenvalue weighted by Gasteiger charge is 2.31. The fourth-order valence-corrected chi connectivity index (χ4v) is 2.24. The number of halogens is 3. The molecule has 110 valence electrons. The Bertz CT molecular complexity index is 568. The fourth-order valence-electron chi connectivity index (χ4n) is 1.92. The molecule has 0 saturated carbocycles. The number of nitrogens with two attached hydrogens (primary N) is 2. The summed E-state index contributed by atoms with van der Waals surface area (Å²) in [6.45, 7) is 4.36. The predicted octanol–water partition coefficient (Wildman–Crippen LogP) is 2.60. The van der Waals surface area contributed by atoms with Crippen molar-refractivity contribution in [2.24, 2.45) is 21.5 Å². The molecular weight excluding hydrogens is 321 g/mol. The number of rotatable bonds is 2. The highest BCUT2D eigenvalue weighted by molar-refractivity contribution is 6.42. The van der Waals surface area contributed by atoms with Crippen LogP contribution in [0, 0.1) is 0 Å². The summed E-state index contributed by atoms with van der Waals surface area (Å²) in [4.78, 5) is 10.1. The van der Waals surface area contributed by atoms with Crippen LogP contribution in [0.3, 0.4) is 0 Å². The number of benzene rings is 1. The Morgan fingerprint density at radius 2 is 1.85 bits per heavy atom. The van der Waals surface area contributed by atoms with E-state index in [9.17, 15) is 0 Å². The monoisotopic (exact) mass is 335 g/mol. The summed E-state index contributed by atoms with van der Waals surface area (Å²) in [6.07, 6.45) is 0. The van der Waals surface area contributed by atoms with Gasteiger partial charge in [0.2, 0.25) is 11.9 Å². The molecule has 4 N–H and O–H groups in total. The average molecular weight is 337 g/mol. The van der Waals surface area contributed by atoms with Gasteiger partial charge < -0.3 is 16.4 Å². The maximum Gasteiger partial charge on any atom is 0.220 e. The summed E-state index contributed by atoms with van der Waals surface area (Å²) in [5.41, 5.74) is 11.9. The summed E-state index contributed by atoms with van der Waals surface area (Å²) in [7, 11) is 0. The van der Waals surface area contributed by atoms with E-state index >= 15 is 0 Å². The molecule has 0 fully saturated rings. The van der Waals surface area contributed by atoms with Gasteiger partial charge in [0, 0.05) is 6.54 Å². The molecule has 0 radical (unpaired) electrons. The highest BCUT2D eigenvalue weighted by Crippen LogP contribution is 2.26. The Morgan fingerprint density at radius 1 is 1.20 bits per heavy atom. The molecule has 5 nitrogen and oxygen atoms in total. The van der Waals surface area contributed by atoms with E-state index in [0.29, 0.717) is 22.5 Å². The van der Waals surface area contributed by atoms with Gasteiger partial charge in [0.15, 0.2) is 0 Å². The zero-order valence-electron chi connectivity index (χ0n) is 11.1. The second kappa shape index (κ2) is 6.08. The highest BCUT2D eigenvalue weighted by atomic mass is 35.5. The van der Waals surface area contributed by atoms with Crippen LogP contribution in [-0.4, -0.2) is 22.5 Å².